The molecule has 1 fully saturated rings. The molecule has 160 valence electrons. The van der Waals surface area contributed by atoms with Crippen molar-refractivity contribution in [2.24, 2.45) is 0 Å². The lowest BCUT2D eigenvalue weighted by Crippen LogP contribution is -2.46. The minimum Gasteiger partial charge on any atom is -0.368 e. The van der Waals surface area contributed by atoms with Gasteiger partial charge < -0.3 is 4.90 Å². The molecule has 0 aromatic heterocycles. The minimum absolute atomic E-state index is 0.979. The molecule has 3 aromatic carbocycles. The summed E-state index contributed by atoms with van der Waals surface area (Å²) >= 11 is 0. The van der Waals surface area contributed by atoms with Crippen LogP contribution in [0.25, 0.3) is 11.1 Å². The average Bonchev–Trinajstić information content (AvgIpc) is 3.34. The normalized spacial score (nSPS) is 17.4. The van der Waals surface area contributed by atoms with Crippen molar-refractivity contribution in [3.8, 4) is 17.2 Å². The Morgan fingerprint density at radius 1 is 0.750 bits per heavy atom. The Labute approximate surface area is 190 Å². The van der Waals surface area contributed by atoms with Crippen molar-refractivity contribution in [2.45, 2.75) is 38.6 Å². The zero-order valence-corrected chi connectivity index (χ0v) is 18.6. The highest BCUT2D eigenvalue weighted by Crippen LogP contribution is 2.47. The molecule has 2 aliphatic carbocycles. The molecular formula is C29H29N3. The molecule has 0 bridgehead atoms. The highest BCUT2D eigenvalue weighted by molar-refractivity contribution is 5.87. The fourth-order valence-corrected chi connectivity index (χ4v) is 6.14. The molecule has 1 aliphatic heterocycles. The summed E-state index contributed by atoms with van der Waals surface area (Å²) in [6.07, 6.45) is 5.47. The van der Waals surface area contributed by atoms with Gasteiger partial charge in [-0.15, -0.1) is 0 Å². The van der Waals surface area contributed by atoms with Gasteiger partial charge in [0.05, 0.1) is 11.3 Å². The van der Waals surface area contributed by atoms with Gasteiger partial charge in [0.1, 0.15) is 6.07 Å². The summed E-state index contributed by atoms with van der Waals surface area (Å²) in [6, 6.07) is 22.4. The molecule has 0 spiro atoms. The molecule has 3 aromatic rings. The number of anilines is 1. The van der Waals surface area contributed by atoms with Gasteiger partial charge in [-0.3, -0.25) is 4.90 Å². The maximum Gasteiger partial charge on any atom is 0.102 e. The van der Waals surface area contributed by atoms with Crippen LogP contribution in [0.15, 0.2) is 54.6 Å². The summed E-state index contributed by atoms with van der Waals surface area (Å²) in [5.74, 6) is 0. The van der Waals surface area contributed by atoms with Gasteiger partial charge in [0.25, 0.3) is 0 Å². The summed E-state index contributed by atoms with van der Waals surface area (Å²) in [5, 5.41) is 10.3. The molecule has 3 heteroatoms. The van der Waals surface area contributed by atoms with Crippen molar-refractivity contribution < 1.29 is 0 Å². The van der Waals surface area contributed by atoms with E-state index in [1.807, 2.05) is 0 Å². The van der Waals surface area contributed by atoms with Crippen LogP contribution in [-0.4, -0.2) is 31.1 Å². The van der Waals surface area contributed by atoms with Crippen molar-refractivity contribution in [1.82, 2.24) is 4.90 Å². The Morgan fingerprint density at radius 3 is 2.31 bits per heavy atom. The number of hydrogen-bond donors (Lipinski definition) is 0. The standard InChI is InChI=1S/C29H29N3/c30-19-27-24-11-6-12-25(24)28-23-10-5-4-9-22(23)13-14-26(28)29(27)32-17-15-31(16-18-32)20-21-7-2-1-3-8-21/h1-5,7-10H,6,11-18,20H2. The van der Waals surface area contributed by atoms with Crippen LogP contribution in [-0.2, 0) is 32.2 Å². The molecule has 0 unspecified atom stereocenters. The highest BCUT2D eigenvalue weighted by Gasteiger charge is 2.33. The second-order valence-corrected chi connectivity index (χ2v) is 9.41. The van der Waals surface area contributed by atoms with E-state index in [9.17, 15) is 5.26 Å². The molecule has 0 radical (unpaired) electrons. The fraction of sp³-hybridized carbons (Fsp3) is 0.345. The van der Waals surface area contributed by atoms with Gasteiger partial charge in [0.2, 0.25) is 0 Å². The lowest BCUT2D eigenvalue weighted by atomic mass is 9.79. The molecule has 1 heterocycles. The zero-order valence-electron chi connectivity index (χ0n) is 18.6. The highest BCUT2D eigenvalue weighted by atomic mass is 15.3. The smallest absolute Gasteiger partial charge is 0.102 e. The van der Waals surface area contributed by atoms with Crippen LogP contribution in [0.1, 0.15) is 39.8 Å². The number of hydrogen-bond acceptors (Lipinski definition) is 3. The number of nitrogens with zero attached hydrogens (tertiary/aromatic N) is 3. The summed E-state index contributed by atoms with van der Waals surface area (Å²) in [4.78, 5) is 5.08. The summed E-state index contributed by atoms with van der Waals surface area (Å²) in [7, 11) is 0. The minimum atomic E-state index is 0.979. The monoisotopic (exact) mass is 419 g/mol. The van der Waals surface area contributed by atoms with E-state index in [1.54, 1.807) is 0 Å². The van der Waals surface area contributed by atoms with E-state index in [2.05, 4.69) is 70.5 Å². The Bertz CT molecular complexity index is 1200. The van der Waals surface area contributed by atoms with Crippen LogP contribution in [0.4, 0.5) is 5.69 Å². The van der Waals surface area contributed by atoms with Gasteiger partial charge >= 0.3 is 0 Å². The molecule has 3 aliphatic rings. The van der Waals surface area contributed by atoms with Gasteiger partial charge in [0.15, 0.2) is 0 Å². The Hall–Kier alpha value is -3.09. The average molecular weight is 420 g/mol. The predicted molar refractivity (Wildman–Crippen MR) is 130 cm³/mol. The predicted octanol–water partition coefficient (Wildman–Crippen LogP) is 5.13. The first-order valence-corrected chi connectivity index (χ1v) is 12.0. The SMILES string of the molecule is N#Cc1c2c(c3c(c1N1CCN(Cc4ccccc4)CC1)CCc1ccccc1-3)CCC2. The Kier molecular flexibility index (Phi) is 4.97. The first-order valence-electron chi connectivity index (χ1n) is 12.0. The third kappa shape index (κ3) is 3.22. The Morgan fingerprint density at radius 2 is 1.50 bits per heavy atom. The molecule has 6 rings (SSSR count). The molecule has 0 N–H and O–H groups in total. The van der Waals surface area contributed by atoms with Crippen molar-refractivity contribution in [2.75, 3.05) is 31.1 Å². The van der Waals surface area contributed by atoms with E-state index in [0.29, 0.717) is 0 Å². The molecule has 1 saturated heterocycles. The van der Waals surface area contributed by atoms with Gasteiger partial charge in [-0.25, -0.2) is 0 Å². The fourth-order valence-electron chi connectivity index (χ4n) is 6.14. The maximum absolute atomic E-state index is 10.3. The van der Waals surface area contributed by atoms with Crippen molar-refractivity contribution >= 4 is 5.69 Å². The van der Waals surface area contributed by atoms with Crippen LogP contribution in [0.5, 0.6) is 0 Å². The van der Waals surface area contributed by atoms with E-state index in [1.165, 1.54) is 51.1 Å². The number of nitriles is 1. The topological polar surface area (TPSA) is 30.3 Å². The van der Waals surface area contributed by atoms with Crippen LogP contribution in [0.2, 0.25) is 0 Å². The third-order valence-corrected chi connectivity index (χ3v) is 7.63. The molecule has 0 amide bonds. The first kappa shape index (κ1) is 19.6. The number of aryl methyl sites for hydroxylation is 1. The number of benzene rings is 3. The van der Waals surface area contributed by atoms with Crippen LogP contribution >= 0.6 is 0 Å². The van der Waals surface area contributed by atoms with Gasteiger partial charge in [-0.2, -0.15) is 5.26 Å². The Balaban J connectivity index is 1.37. The van der Waals surface area contributed by atoms with E-state index in [-0.39, 0.29) is 0 Å². The summed E-state index contributed by atoms with van der Waals surface area (Å²) in [5.41, 5.74) is 12.2. The van der Waals surface area contributed by atoms with Gasteiger partial charge in [-0.05, 0) is 71.0 Å². The molecule has 3 nitrogen and oxygen atoms in total. The number of rotatable bonds is 3. The van der Waals surface area contributed by atoms with Gasteiger partial charge in [-0.1, -0.05) is 54.6 Å². The van der Waals surface area contributed by atoms with E-state index < -0.39 is 0 Å². The largest absolute Gasteiger partial charge is 0.368 e. The summed E-state index contributed by atoms with van der Waals surface area (Å²) in [6.45, 7) is 5.09. The second kappa shape index (κ2) is 8.11. The molecular weight excluding hydrogens is 390 g/mol. The van der Waals surface area contributed by atoms with Gasteiger partial charge in [0, 0.05) is 32.7 Å². The molecule has 0 atom stereocenters. The van der Waals surface area contributed by atoms with Crippen LogP contribution in [0, 0.1) is 11.3 Å². The third-order valence-electron chi connectivity index (χ3n) is 7.63. The van der Waals surface area contributed by atoms with Crippen molar-refractivity contribution in [1.29, 1.82) is 5.26 Å². The quantitative estimate of drug-likeness (QED) is 0.589. The van der Waals surface area contributed by atoms with Crippen LogP contribution in [0.3, 0.4) is 0 Å². The van der Waals surface area contributed by atoms with E-state index in [0.717, 1.165) is 64.0 Å². The first-order chi connectivity index (χ1) is 15.8. The molecule has 32 heavy (non-hydrogen) atoms. The molecule has 0 saturated carbocycles. The lowest BCUT2D eigenvalue weighted by Gasteiger charge is -2.39. The number of piperazine rings is 1. The van der Waals surface area contributed by atoms with E-state index in [4.69, 9.17) is 0 Å². The lowest BCUT2D eigenvalue weighted by molar-refractivity contribution is 0.249. The van der Waals surface area contributed by atoms with E-state index >= 15 is 0 Å². The second-order valence-electron chi connectivity index (χ2n) is 9.41. The summed E-state index contributed by atoms with van der Waals surface area (Å²) < 4.78 is 0. The van der Waals surface area contributed by atoms with Crippen molar-refractivity contribution in [3.63, 3.8) is 0 Å². The van der Waals surface area contributed by atoms with Crippen LogP contribution < -0.4 is 4.90 Å². The maximum atomic E-state index is 10.3. The number of fused-ring (bicyclic) bond motifs is 5. The zero-order chi connectivity index (χ0) is 21.5. The van der Waals surface area contributed by atoms with Crippen molar-refractivity contribution in [3.05, 3.63) is 88.0 Å².